The zero-order valence-electron chi connectivity index (χ0n) is 24.3. The fourth-order valence-corrected chi connectivity index (χ4v) is 6.17. The van der Waals surface area contributed by atoms with E-state index in [9.17, 15) is 14.7 Å². The second-order valence-corrected chi connectivity index (χ2v) is 12.7. The molecule has 0 bridgehead atoms. The topological polar surface area (TPSA) is 118 Å². The van der Waals surface area contributed by atoms with Gasteiger partial charge in [0, 0.05) is 64.3 Å². The van der Waals surface area contributed by atoms with Crippen LogP contribution in [-0.4, -0.2) is 60.5 Å². The normalized spacial score (nSPS) is 17.1. The maximum absolute atomic E-state index is 14.2. The predicted molar refractivity (Wildman–Crippen MR) is 162 cm³/mol. The molecule has 9 nitrogen and oxygen atoms in total. The van der Waals surface area contributed by atoms with Gasteiger partial charge in [0.05, 0.1) is 19.2 Å². The lowest BCUT2D eigenvalue weighted by molar-refractivity contribution is -0.137. The Kier molecular flexibility index (Phi) is 10.5. The lowest BCUT2D eigenvalue weighted by atomic mass is 9.92. The Balaban J connectivity index is 1.72. The molecule has 1 aliphatic rings. The lowest BCUT2D eigenvalue weighted by Gasteiger charge is -2.32. The third-order valence-corrected chi connectivity index (χ3v) is 8.52. The first-order chi connectivity index (χ1) is 20.1. The number of benzene rings is 2. The second kappa shape index (κ2) is 13.9. The Morgan fingerprint density at radius 3 is 2.64 bits per heavy atom. The number of hydrogen-bond acceptors (Lipinski definition) is 8. The monoisotopic (exact) mass is 616 g/mol. The van der Waals surface area contributed by atoms with Crippen LogP contribution >= 0.6 is 22.9 Å². The molecule has 0 fully saturated rings. The van der Waals surface area contributed by atoms with E-state index >= 15 is 0 Å². The summed E-state index contributed by atoms with van der Waals surface area (Å²) in [5.74, 6) is -0.00660. The first-order valence-corrected chi connectivity index (χ1v) is 15.0. The number of carboxylic acid groups (broad SMARTS) is 1. The van der Waals surface area contributed by atoms with Crippen LogP contribution in [0.25, 0.3) is 0 Å². The predicted octanol–water partition coefficient (Wildman–Crippen LogP) is 5.69. The molecule has 0 spiro atoms. The maximum atomic E-state index is 14.2. The minimum Gasteiger partial charge on any atom is -0.493 e. The standard InChI is InChI=1S/C31H37ClN2O7S/c1-31(2,18-35)17-34-23-12-11-19(32)15-22(23)28(21-8-6-9-24(39-3)29(21)40-4)41-25(30(34)38)13-14-26-33-16-20(42-26)7-5-10-27(36)37/h6,8-9,11-12,15-16,25,28,35H,5,7,10,13-14,17-18H2,1-4H3,(H,36,37). The summed E-state index contributed by atoms with van der Waals surface area (Å²) in [4.78, 5) is 32.3. The largest absolute Gasteiger partial charge is 0.493 e. The van der Waals surface area contributed by atoms with Gasteiger partial charge in [-0.3, -0.25) is 9.59 Å². The number of carboxylic acids is 1. The van der Waals surface area contributed by atoms with Gasteiger partial charge in [-0.25, -0.2) is 4.98 Å². The number of amides is 1. The van der Waals surface area contributed by atoms with Crippen molar-refractivity contribution in [3.05, 3.63) is 68.6 Å². The minimum absolute atomic E-state index is 0.109. The smallest absolute Gasteiger partial charge is 0.303 e. The van der Waals surface area contributed by atoms with Crippen LogP contribution in [0.15, 0.2) is 42.6 Å². The van der Waals surface area contributed by atoms with Gasteiger partial charge in [-0.2, -0.15) is 0 Å². The number of aliphatic hydroxyl groups excluding tert-OH is 1. The summed E-state index contributed by atoms with van der Waals surface area (Å²) in [7, 11) is 3.13. The van der Waals surface area contributed by atoms with E-state index in [1.165, 1.54) is 11.3 Å². The van der Waals surface area contributed by atoms with Crippen molar-refractivity contribution in [3.8, 4) is 11.5 Å². The Morgan fingerprint density at radius 1 is 1.17 bits per heavy atom. The summed E-state index contributed by atoms with van der Waals surface area (Å²) in [6.45, 7) is 3.97. The number of para-hydroxylation sites is 1. The number of aromatic nitrogens is 1. The van der Waals surface area contributed by atoms with Gasteiger partial charge in [0.25, 0.3) is 5.91 Å². The minimum atomic E-state index is -0.842. The lowest BCUT2D eigenvalue weighted by Crippen LogP contribution is -2.45. The molecule has 3 aromatic rings. The molecule has 2 atom stereocenters. The van der Waals surface area contributed by atoms with Gasteiger partial charge in [-0.15, -0.1) is 11.3 Å². The molecule has 1 aromatic heterocycles. The summed E-state index contributed by atoms with van der Waals surface area (Å²) < 4.78 is 18.0. The van der Waals surface area contributed by atoms with E-state index in [1.807, 2.05) is 32.0 Å². The summed E-state index contributed by atoms with van der Waals surface area (Å²) in [5, 5.41) is 20.4. The number of methoxy groups -OCH3 is 2. The fourth-order valence-electron chi connectivity index (χ4n) is 5.01. The molecule has 2 N–H and O–H groups in total. The Morgan fingerprint density at radius 2 is 1.95 bits per heavy atom. The quantitative estimate of drug-likeness (QED) is 0.251. The molecule has 226 valence electrons. The summed E-state index contributed by atoms with van der Waals surface area (Å²) in [6, 6.07) is 10.9. The van der Waals surface area contributed by atoms with Crippen molar-refractivity contribution >= 4 is 40.5 Å². The van der Waals surface area contributed by atoms with Crippen molar-refractivity contribution in [1.82, 2.24) is 4.98 Å². The first kappa shape index (κ1) is 31.7. The highest BCUT2D eigenvalue weighted by molar-refractivity contribution is 7.11. The van der Waals surface area contributed by atoms with Crippen molar-refractivity contribution in [3.63, 3.8) is 0 Å². The number of carbonyl (C=O) groups is 2. The van der Waals surface area contributed by atoms with Crippen molar-refractivity contribution in [1.29, 1.82) is 0 Å². The van der Waals surface area contributed by atoms with E-state index < -0.39 is 23.6 Å². The molecule has 2 heterocycles. The van der Waals surface area contributed by atoms with Gasteiger partial charge in [0.2, 0.25) is 0 Å². The van der Waals surface area contributed by atoms with Gasteiger partial charge in [0.15, 0.2) is 11.5 Å². The number of anilines is 1. The number of fused-ring (bicyclic) bond motifs is 1. The zero-order chi connectivity index (χ0) is 30.4. The number of thiazole rings is 1. The van der Waals surface area contributed by atoms with Gasteiger partial charge in [-0.1, -0.05) is 37.6 Å². The molecule has 2 unspecified atom stereocenters. The molecule has 0 saturated heterocycles. The Bertz CT molecular complexity index is 1410. The molecule has 42 heavy (non-hydrogen) atoms. The molecule has 11 heteroatoms. The summed E-state index contributed by atoms with van der Waals surface area (Å²) in [6.07, 6.45) is 2.38. The molecule has 2 aromatic carbocycles. The number of hydrogen-bond donors (Lipinski definition) is 2. The molecule has 0 radical (unpaired) electrons. The van der Waals surface area contributed by atoms with Crippen LogP contribution in [0, 0.1) is 5.41 Å². The van der Waals surface area contributed by atoms with Crippen molar-refractivity contribution < 1.29 is 34.0 Å². The maximum Gasteiger partial charge on any atom is 0.303 e. The third-order valence-electron chi connectivity index (χ3n) is 7.17. The van der Waals surface area contributed by atoms with E-state index in [0.29, 0.717) is 59.0 Å². The molecular formula is C31H37ClN2O7S. The fraction of sp³-hybridized carbons (Fsp3) is 0.452. The van der Waals surface area contributed by atoms with Crippen LogP contribution < -0.4 is 14.4 Å². The molecule has 1 aliphatic heterocycles. The molecule has 0 aliphatic carbocycles. The van der Waals surface area contributed by atoms with Crippen molar-refractivity contribution in [2.75, 3.05) is 32.3 Å². The van der Waals surface area contributed by atoms with E-state index in [0.717, 1.165) is 9.88 Å². The molecule has 1 amide bonds. The highest BCUT2D eigenvalue weighted by Crippen LogP contribution is 2.45. The summed E-state index contributed by atoms with van der Waals surface area (Å²) >= 11 is 8.02. The van der Waals surface area contributed by atoms with Crippen molar-refractivity contribution in [2.45, 2.75) is 58.2 Å². The number of aliphatic carboxylic acids is 1. The first-order valence-electron chi connectivity index (χ1n) is 13.8. The van der Waals surface area contributed by atoms with Gasteiger partial charge in [0.1, 0.15) is 12.2 Å². The number of nitrogens with zero attached hydrogens (tertiary/aromatic N) is 2. The summed E-state index contributed by atoms with van der Waals surface area (Å²) in [5.41, 5.74) is 1.47. The molecule has 0 saturated carbocycles. The Labute approximate surface area is 255 Å². The highest BCUT2D eigenvalue weighted by Gasteiger charge is 2.39. The van der Waals surface area contributed by atoms with Crippen LogP contribution in [0.2, 0.25) is 5.02 Å². The molecule has 4 rings (SSSR count). The van der Waals surface area contributed by atoms with E-state index in [-0.39, 0.29) is 25.5 Å². The van der Waals surface area contributed by atoms with Crippen LogP contribution in [0.4, 0.5) is 5.69 Å². The van der Waals surface area contributed by atoms with E-state index in [2.05, 4.69) is 4.98 Å². The van der Waals surface area contributed by atoms with Gasteiger partial charge < -0.3 is 29.3 Å². The highest BCUT2D eigenvalue weighted by atomic mass is 35.5. The zero-order valence-corrected chi connectivity index (χ0v) is 25.8. The Hall–Kier alpha value is -3.18. The van der Waals surface area contributed by atoms with Crippen molar-refractivity contribution in [2.24, 2.45) is 5.41 Å². The third kappa shape index (κ3) is 7.42. The number of ether oxygens (including phenoxy) is 3. The van der Waals surface area contributed by atoms with Gasteiger partial charge in [-0.05, 0) is 43.5 Å². The van der Waals surface area contributed by atoms with Crippen LogP contribution in [0.5, 0.6) is 11.5 Å². The average Bonchev–Trinajstić information content (AvgIpc) is 3.39. The number of aliphatic hydroxyl groups is 1. The van der Waals surface area contributed by atoms with Gasteiger partial charge >= 0.3 is 5.97 Å². The number of aryl methyl sites for hydroxylation is 2. The number of carbonyl (C=O) groups excluding carboxylic acids is 1. The van der Waals surface area contributed by atoms with Crippen LogP contribution in [0.1, 0.15) is 60.2 Å². The average molecular weight is 617 g/mol. The van der Waals surface area contributed by atoms with E-state index in [1.54, 1.807) is 43.5 Å². The van der Waals surface area contributed by atoms with Crippen LogP contribution in [0.3, 0.4) is 0 Å². The van der Waals surface area contributed by atoms with Crippen LogP contribution in [-0.2, 0) is 27.2 Å². The number of rotatable bonds is 13. The second-order valence-electron chi connectivity index (χ2n) is 11.0. The molecular weight excluding hydrogens is 580 g/mol. The number of halogens is 1. The SMILES string of the molecule is COc1cccc(C2OC(CCc3ncc(CCCC(=O)O)s3)C(=O)N(CC(C)(C)CO)c3ccc(Cl)cc32)c1OC. The van der Waals surface area contributed by atoms with E-state index in [4.69, 9.17) is 30.9 Å².